The minimum Gasteiger partial charge on any atom is -0.467 e. The Kier molecular flexibility index (Phi) is 3.25. The Hall–Kier alpha value is -2.56. The number of benzene rings is 1. The number of amides is 1. The summed E-state index contributed by atoms with van der Waals surface area (Å²) in [6.45, 7) is 3.92. The molecule has 21 heavy (non-hydrogen) atoms. The third-order valence-electron chi connectivity index (χ3n) is 3.78. The first-order valence-corrected chi connectivity index (χ1v) is 6.83. The van der Waals surface area contributed by atoms with Gasteiger partial charge in [0.05, 0.1) is 17.8 Å². The highest BCUT2D eigenvalue weighted by Gasteiger charge is 2.24. The topological polar surface area (TPSA) is 62.1 Å². The normalized spacial score (nSPS) is 12.5. The minimum absolute atomic E-state index is 0.129. The highest BCUT2D eigenvalue weighted by Crippen LogP contribution is 2.24. The van der Waals surface area contributed by atoms with E-state index in [1.54, 1.807) is 18.2 Å². The first-order chi connectivity index (χ1) is 10.1. The zero-order chi connectivity index (χ0) is 15.0. The van der Waals surface area contributed by atoms with Crippen LogP contribution in [0.3, 0.4) is 0 Å². The van der Waals surface area contributed by atoms with E-state index in [4.69, 9.17) is 4.42 Å². The summed E-state index contributed by atoms with van der Waals surface area (Å²) in [6.07, 6.45) is 1.61. The van der Waals surface area contributed by atoms with Gasteiger partial charge < -0.3 is 9.32 Å². The number of carbonyl (C=O) groups is 1. The average molecular weight is 283 g/mol. The van der Waals surface area contributed by atoms with Gasteiger partial charge in [0.2, 0.25) is 0 Å². The highest BCUT2D eigenvalue weighted by atomic mass is 16.3. The molecule has 0 fully saturated rings. The Morgan fingerprint density at radius 2 is 2.19 bits per heavy atom. The van der Waals surface area contributed by atoms with Gasteiger partial charge in [-0.15, -0.1) is 0 Å². The van der Waals surface area contributed by atoms with Crippen molar-refractivity contribution in [2.45, 2.75) is 19.9 Å². The van der Waals surface area contributed by atoms with Gasteiger partial charge in [0.15, 0.2) is 5.69 Å². The largest absolute Gasteiger partial charge is 0.467 e. The third-order valence-corrected chi connectivity index (χ3v) is 3.78. The summed E-state index contributed by atoms with van der Waals surface area (Å²) in [4.78, 5) is 14.3. The van der Waals surface area contributed by atoms with E-state index < -0.39 is 0 Å². The van der Waals surface area contributed by atoms with Crippen molar-refractivity contribution in [3.8, 4) is 0 Å². The van der Waals surface area contributed by atoms with Crippen LogP contribution in [0, 0.1) is 6.92 Å². The fraction of sp³-hybridized carbons (Fsp3) is 0.250. The summed E-state index contributed by atoms with van der Waals surface area (Å²) in [7, 11) is 1.76. The SMILES string of the molecule is Cc1ccc2[nH]nc(C(=O)N(C)C(C)c3ccco3)c2c1. The molecule has 108 valence electrons. The van der Waals surface area contributed by atoms with Crippen molar-refractivity contribution in [3.05, 3.63) is 53.6 Å². The van der Waals surface area contributed by atoms with Crippen molar-refractivity contribution in [3.63, 3.8) is 0 Å². The number of hydrogen-bond donors (Lipinski definition) is 1. The minimum atomic E-state index is -0.149. The summed E-state index contributed by atoms with van der Waals surface area (Å²) >= 11 is 0. The maximum atomic E-state index is 12.7. The summed E-state index contributed by atoms with van der Waals surface area (Å²) in [5.41, 5.74) is 2.40. The zero-order valence-corrected chi connectivity index (χ0v) is 12.3. The number of carbonyl (C=O) groups excluding carboxylic acids is 1. The van der Waals surface area contributed by atoms with E-state index in [0.717, 1.165) is 22.2 Å². The molecular formula is C16H17N3O2. The number of nitrogens with zero attached hydrogens (tertiary/aromatic N) is 2. The van der Waals surface area contributed by atoms with Gasteiger partial charge in [0.1, 0.15) is 5.76 Å². The Bertz CT molecular complexity index is 774. The molecule has 1 atom stereocenters. The highest BCUT2D eigenvalue weighted by molar-refractivity contribution is 6.04. The van der Waals surface area contributed by atoms with Crippen LogP contribution in [0.1, 0.15) is 34.8 Å². The Morgan fingerprint density at radius 3 is 2.90 bits per heavy atom. The summed E-state index contributed by atoms with van der Waals surface area (Å²) in [5.74, 6) is 0.623. The zero-order valence-electron chi connectivity index (χ0n) is 12.3. The monoisotopic (exact) mass is 283 g/mol. The quantitative estimate of drug-likeness (QED) is 0.802. The summed E-state index contributed by atoms with van der Waals surface area (Å²) in [6, 6.07) is 9.42. The van der Waals surface area contributed by atoms with Crippen LogP contribution in [-0.2, 0) is 0 Å². The lowest BCUT2D eigenvalue weighted by atomic mass is 10.1. The van der Waals surface area contributed by atoms with Gasteiger partial charge in [0, 0.05) is 12.4 Å². The van der Waals surface area contributed by atoms with Crippen molar-refractivity contribution >= 4 is 16.8 Å². The fourth-order valence-electron chi connectivity index (χ4n) is 2.35. The Labute approximate surface area is 122 Å². The van der Waals surface area contributed by atoms with Crippen molar-refractivity contribution in [2.75, 3.05) is 7.05 Å². The molecule has 0 bridgehead atoms. The van der Waals surface area contributed by atoms with Gasteiger partial charge >= 0.3 is 0 Å². The molecule has 1 aromatic carbocycles. The van der Waals surface area contributed by atoms with E-state index in [9.17, 15) is 4.79 Å². The predicted molar refractivity (Wildman–Crippen MR) is 80.0 cm³/mol. The molecule has 0 saturated carbocycles. The van der Waals surface area contributed by atoms with Gasteiger partial charge in [-0.25, -0.2) is 0 Å². The number of furan rings is 1. The van der Waals surface area contributed by atoms with Crippen molar-refractivity contribution in [1.29, 1.82) is 0 Å². The summed E-state index contributed by atoms with van der Waals surface area (Å²) in [5, 5.41) is 7.92. The molecule has 0 aliphatic carbocycles. The molecule has 3 rings (SSSR count). The maximum Gasteiger partial charge on any atom is 0.275 e. The molecule has 5 heteroatoms. The second kappa shape index (κ2) is 5.09. The molecular weight excluding hydrogens is 266 g/mol. The molecule has 2 aromatic heterocycles. The van der Waals surface area contributed by atoms with E-state index in [1.807, 2.05) is 44.2 Å². The standard InChI is InChI=1S/C16H17N3O2/c1-10-6-7-13-12(9-10)15(18-17-13)16(20)19(3)11(2)14-5-4-8-21-14/h4-9,11H,1-3H3,(H,17,18). The van der Waals surface area contributed by atoms with Crippen LogP contribution in [0.25, 0.3) is 10.9 Å². The summed E-state index contributed by atoms with van der Waals surface area (Å²) < 4.78 is 5.37. The van der Waals surface area contributed by atoms with Crippen LogP contribution < -0.4 is 0 Å². The Balaban J connectivity index is 1.95. The molecule has 1 amide bonds. The van der Waals surface area contributed by atoms with Crippen LogP contribution in [-0.4, -0.2) is 28.1 Å². The van der Waals surface area contributed by atoms with Crippen molar-refractivity contribution < 1.29 is 9.21 Å². The van der Waals surface area contributed by atoms with Gasteiger partial charge in [-0.05, 0) is 38.1 Å². The number of aromatic amines is 1. The fourth-order valence-corrected chi connectivity index (χ4v) is 2.35. The van der Waals surface area contributed by atoms with Gasteiger partial charge in [-0.2, -0.15) is 5.10 Å². The number of nitrogens with one attached hydrogen (secondary N) is 1. The van der Waals surface area contributed by atoms with E-state index in [-0.39, 0.29) is 11.9 Å². The third kappa shape index (κ3) is 2.31. The number of fused-ring (bicyclic) bond motifs is 1. The molecule has 0 spiro atoms. The molecule has 0 radical (unpaired) electrons. The van der Waals surface area contributed by atoms with Gasteiger partial charge in [0.25, 0.3) is 5.91 Å². The first-order valence-electron chi connectivity index (χ1n) is 6.83. The lowest BCUT2D eigenvalue weighted by Crippen LogP contribution is -2.29. The van der Waals surface area contributed by atoms with Crippen LogP contribution in [0.15, 0.2) is 41.0 Å². The molecule has 0 aliphatic rings. The van der Waals surface area contributed by atoms with E-state index >= 15 is 0 Å². The van der Waals surface area contributed by atoms with Gasteiger partial charge in [-0.1, -0.05) is 11.6 Å². The van der Waals surface area contributed by atoms with E-state index in [2.05, 4.69) is 10.2 Å². The number of hydrogen-bond acceptors (Lipinski definition) is 3. The molecule has 2 heterocycles. The lowest BCUT2D eigenvalue weighted by molar-refractivity contribution is 0.0722. The molecule has 1 unspecified atom stereocenters. The molecule has 3 aromatic rings. The average Bonchev–Trinajstić information content (AvgIpc) is 3.13. The first kappa shape index (κ1) is 13.4. The predicted octanol–water partition coefficient (Wildman–Crippen LogP) is 3.30. The molecule has 0 saturated heterocycles. The van der Waals surface area contributed by atoms with E-state index in [1.165, 1.54) is 0 Å². The Morgan fingerprint density at radius 1 is 1.38 bits per heavy atom. The number of rotatable bonds is 3. The van der Waals surface area contributed by atoms with Crippen LogP contribution in [0.2, 0.25) is 0 Å². The lowest BCUT2D eigenvalue weighted by Gasteiger charge is -2.22. The molecule has 0 aliphatic heterocycles. The molecule has 1 N–H and O–H groups in total. The smallest absolute Gasteiger partial charge is 0.275 e. The number of aromatic nitrogens is 2. The van der Waals surface area contributed by atoms with E-state index in [0.29, 0.717) is 5.69 Å². The maximum absolute atomic E-state index is 12.7. The van der Waals surface area contributed by atoms with Crippen LogP contribution >= 0.6 is 0 Å². The molecule has 5 nitrogen and oxygen atoms in total. The van der Waals surface area contributed by atoms with Gasteiger partial charge in [-0.3, -0.25) is 9.89 Å². The second-order valence-electron chi connectivity index (χ2n) is 5.23. The second-order valence-corrected chi connectivity index (χ2v) is 5.23. The number of H-pyrrole nitrogens is 1. The number of aryl methyl sites for hydroxylation is 1. The van der Waals surface area contributed by atoms with Crippen LogP contribution in [0.5, 0.6) is 0 Å². The van der Waals surface area contributed by atoms with Crippen LogP contribution in [0.4, 0.5) is 0 Å². The van der Waals surface area contributed by atoms with Crippen molar-refractivity contribution in [1.82, 2.24) is 15.1 Å². The van der Waals surface area contributed by atoms with Crippen molar-refractivity contribution in [2.24, 2.45) is 0 Å².